The second-order valence-electron chi connectivity index (χ2n) is 6.35. The minimum atomic E-state index is 0.382. The Morgan fingerprint density at radius 2 is 1.53 bits per heavy atom. The molecular weight excluding hydrogens is 238 g/mol. The van der Waals surface area contributed by atoms with Gasteiger partial charge in [-0.3, -0.25) is 0 Å². The van der Waals surface area contributed by atoms with E-state index in [0.717, 1.165) is 18.0 Å². The summed E-state index contributed by atoms with van der Waals surface area (Å²) in [4.78, 5) is 0. The van der Waals surface area contributed by atoms with Crippen molar-refractivity contribution in [2.45, 2.75) is 33.7 Å². The maximum Gasteiger partial charge on any atom is 0.119 e. The zero-order valence-electron chi connectivity index (χ0n) is 12.6. The van der Waals surface area contributed by atoms with Crippen molar-refractivity contribution in [3.63, 3.8) is 0 Å². The SMILES string of the molecule is COc1ccc(OCCNC2C(C)(C)C2(C)C)cc1. The average Bonchev–Trinajstić information content (AvgIpc) is 2.77. The molecule has 0 saturated heterocycles. The van der Waals surface area contributed by atoms with Gasteiger partial charge in [-0.25, -0.2) is 0 Å². The number of methoxy groups -OCH3 is 1. The first-order chi connectivity index (χ1) is 8.89. The summed E-state index contributed by atoms with van der Waals surface area (Å²) in [6.45, 7) is 10.8. The van der Waals surface area contributed by atoms with Crippen LogP contribution in [0.1, 0.15) is 27.7 Å². The minimum Gasteiger partial charge on any atom is -0.497 e. The standard InChI is InChI=1S/C16H25NO2/c1-15(2)14(16(15,3)4)17-10-11-19-13-8-6-12(18-5)7-9-13/h6-9,14,17H,10-11H2,1-5H3. The molecule has 19 heavy (non-hydrogen) atoms. The Kier molecular flexibility index (Phi) is 3.77. The quantitative estimate of drug-likeness (QED) is 0.800. The van der Waals surface area contributed by atoms with E-state index in [4.69, 9.17) is 9.47 Å². The van der Waals surface area contributed by atoms with Gasteiger partial charge in [0.2, 0.25) is 0 Å². The van der Waals surface area contributed by atoms with E-state index in [1.54, 1.807) is 7.11 Å². The van der Waals surface area contributed by atoms with E-state index in [1.807, 2.05) is 24.3 Å². The van der Waals surface area contributed by atoms with Crippen LogP contribution in [0.25, 0.3) is 0 Å². The molecule has 0 bridgehead atoms. The van der Waals surface area contributed by atoms with Gasteiger partial charge in [0, 0.05) is 12.6 Å². The maximum absolute atomic E-state index is 5.70. The Hall–Kier alpha value is -1.22. The van der Waals surface area contributed by atoms with E-state index >= 15 is 0 Å². The van der Waals surface area contributed by atoms with Crippen LogP contribution < -0.4 is 14.8 Å². The van der Waals surface area contributed by atoms with Gasteiger partial charge < -0.3 is 14.8 Å². The number of nitrogens with one attached hydrogen (secondary N) is 1. The van der Waals surface area contributed by atoms with E-state index in [0.29, 0.717) is 23.5 Å². The summed E-state index contributed by atoms with van der Waals surface area (Å²) in [5, 5.41) is 3.58. The average molecular weight is 263 g/mol. The van der Waals surface area contributed by atoms with Gasteiger partial charge in [-0.2, -0.15) is 0 Å². The molecule has 1 aliphatic rings. The Morgan fingerprint density at radius 1 is 1.00 bits per heavy atom. The molecule has 0 heterocycles. The molecule has 1 aromatic carbocycles. The van der Waals surface area contributed by atoms with E-state index in [2.05, 4.69) is 33.0 Å². The molecule has 0 radical (unpaired) electrons. The molecule has 1 saturated carbocycles. The number of rotatable bonds is 6. The Labute approximate surface area is 116 Å². The van der Waals surface area contributed by atoms with Gasteiger partial charge in [-0.1, -0.05) is 27.7 Å². The summed E-state index contributed by atoms with van der Waals surface area (Å²) in [6, 6.07) is 8.28. The summed E-state index contributed by atoms with van der Waals surface area (Å²) in [6.07, 6.45) is 0. The van der Waals surface area contributed by atoms with Crippen LogP contribution >= 0.6 is 0 Å². The van der Waals surface area contributed by atoms with Crippen molar-refractivity contribution in [1.82, 2.24) is 5.32 Å². The van der Waals surface area contributed by atoms with Crippen molar-refractivity contribution in [2.24, 2.45) is 10.8 Å². The van der Waals surface area contributed by atoms with E-state index in [1.165, 1.54) is 0 Å². The summed E-state index contributed by atoms with van der Waals surface area (Å²) >= 11 is 0. The normalized spacial score (nSPS) is 20.1. The molecule has 0 atom stereocenters. The lowest BCUT2D eigenvalue weighted by molar-refractivity contribution is 0.308. The predicted octanol–water partition coefficient (Wildman–Crippen LogP) is 3.10. The molecule has 1 aromatic rings. The predicted molar refractivity (Wildman–Crippen MR) is 77.8 cm³/mol. The third kappa shape index (κ3) is 2.71. The Morgan fingerprint density at radius 3 is 2.00 bits per heavy atom. The van der Waals surface area contributed by atoms with Gasteiger partial charge in [0.25, 0.3) is 0 Å². The van der Waals surface area contributed by atoms with Crippen molar-refractivity contribution in [1.29, 1.82) is 0 Å². The third-order valence-electron chi connectivity index (χ3n) is 4.80. The second-order valence-corrected chi connectivity index (χ2v) is 6.35. The number of ether oxygens (including phenoxy) is 2. The molecule has 0 amide bonds. The van der Waals surface area contributed by atoms with Crippen LogP contribution in [0.4, 0.5) is 0 Å². The maximum atomic E-state index is 5.70. The molecule has 3 nitrogen and oxygen atoms in total. The molecule has 0 aromatic heterocycles. The molecule has 1 aliphatic carbocycles. The highest BCUT2D eigenvalue weighted by molar-refractivity contribution is 5.31. The lowest BCUT2D eigenvalue weighted by Gasteiger charge is -2.09. The van der Waals surface area contributed by atoms with Gasteiger partial charge in [0.15, 0.2) is 0 Å². The monoisotopic (exact) mass is 263 g/mol. The topological polar surface area (TPSA) is 30.5 Å². The molecule has 0 spiro atoms. The molecule has 106 valence electrons. The number of hydrogen-bond donors (Lipinski definition) is 1. The second kappa shape index (κ2) is 5.04. The lowest BCUT2D eigenvalue weighted by Crippen LogP contribution is -2.27. The summed E-state index contributed by atoms with van der Waals surface area (Å²) in [5.74, 6) is 1.74. The summed E-state index contributed by atoms with van der Waals surface area (Å²) < 4.78 is 10.8. The van der Waals surface area contributed by atoms with Crippen molar-refractivity contribution in [2.75, 3.05) is 20.3 Å². The van der Waals surface area contributed by atoms with Crippen molar-refractivity contribution < 1.29 is 9.47 Å². The van der Waals surface area contributed by atoms with Crippen molar-refractivity contribution in [3.8, 4) is 11.5 Å². The van der Waals surface area contributed by atoms with Crippen molar-refractivity contribution >= 4 is 0 Å². The van der Waals surface area contributed by atoms with Crippen LogP contribution in [-0.4, -0.2) is 26.3 Å². The zero-order chi connectivity index (χ0) is 14.1. The largest absolute Gasteiger partial charge is 0.497 e. The fourth-order valence-corrected chi connectivity index (χ4v) is 2.75. The fourth-order valence-electron chi connectivity index (χ4n) is 2.75. The zero-order valence-corrected chi connectivity index (χ0v) is 12.6. The van der Waals surface area contributed by atoms with Crippen molar-refractivity contribution in [3.05, 3.63) is 24.3 Å². The van der Waals surface area contributed by atoms with Gasteiger partial charge in [-0.05, 0) is 35.1 Å². The molecule has 2 rings (SSSR count). The smallest absolute Gasteiger partial charge is 0.119 e. The summed E-state index contributed by atoms with van der Waals surface area (Å²) in [5.41, 5.74) is 0.764. The number of hydrogen-bond acceptors (Lipinski definition) is 3. The van der Waals surface area contributed by atoms with Gasteiger partial charge in [0.05, 0.1) is 7.11 Å². The lowest BCUT2D eigenvalue weighted by atomic mass is 10.0. The molecule has 1 fully saturated rings. The van der Waals surface area contributed by atoms with Gasteiger partial charge >= 0.3 is 0 Å². The summed E-state index contributed by atoms with van der Waals surface area (Å²) in [7, 11) is 1.67. The van der Waals surface area contributed by atoms with Gasteiger partial charge in [0.1, 0.15) is 18.1 Å². The van der Waals surface area contributed by atoms with E-state index in [9.17, 15) is 0 Å². The van der Waals surface area contributed by atoms with Crippen LogP contribution in [0.3, 0.4) is 0 Å². The van der Waals surface area contributed by atoms with Gasteiger partial charge in [-0.15, -0.1) is 0 Å². The Bertz CT molecular complexity index is 409. The Balaban J connectivity index is 1.70. The van der Waals surface area contributed by atoms with E-state index < -0.39 is 0 Å². The molecule has 1 N–H and O–H groups in total. The molecule has 0 unspecified atom stereocenters. The highest BCUT2D eigenvalue weighted by Gasteiger charge is 2.64. The molecule has 3 heteroatoms. The fraction of sp³-hybridized carbons (Fsp3) is 0.625. The van der Waals surface area contributed by atoms with Crippen LogP contribution in [0.2, 0.25) is 0 Å². The molecule has 0 aliphatic heterocycles. The first-order valence-corrected chi connectivity index (χ1v) is 6.90. The third-order valence-corrected chi connectivity index (χ3v) is 4.80. The van der Waals surface area contributed by atoms with E-state index in [-0.39, 0.29) is 0 Å². The first kappa shape index (κ1) is 14.2. The highest BCUT2D eigenvalue weighted by atomic mass is 16.5. The highest BCUT2D eigenvalue weighted by Crippen LogP contribution is 2.62. The van der Waals surface area contributed by atoms with Crippen LogP contribution in [-0.2, 0) is 0 Å². The number of benzene rings is 1. The molecular formula is C16H25NO2. The minimum absolute atomic E-state index is 0.382. The first-order valence-electron chi connectivity index (χ1n) is 6.90. The van der Waals surface area contributed by atoms with Crippen LogP contribution in [0.15, 0.2) is 24.3 Å². The van der Waals surface area contributed by atoms with Crippen LogP contribution in [0, 0.1) is 10.8 Å². The van der Waals surface area contributed by atoms with Crippen LogP contribution in [0.5, 0.6) is 11.5 Å².